The SMILES string of the molecule is Nc1cc(Oc2ccc(-c3nnc(Nc4cccc(C(F)(F)F)c4)[nH]3)cc2)nc(SCC=O)n1. The summed E-state index contributed by atoms with van der Waals surface area (Å²) < 4.78 is 44.4. The molecule has 0 saturated carbocycles. The Morgan fingerprint density at radius 3 is 2.62 bits per heavy atom. The average molecular weight is 487 g/mol. The number of halogens is 3. The number of aromatic nitrogens is 5. The summed E-state index contributed by atoms with van der Waals surface area (Å²) in [6.45, 7) is 0. The lowest BCUT2D eigenvalue weighted by atomic mass is 10.2. The van der Waals surface area contributed by atoms with Gasteiger partial charge in [0.05, 0.1) is 11.3 Å². The number of rotatable bonds is 8. The molecule has 0 amide bonds. The largest absolute Gasteiger partial charge is 0.439 e. The van der Waals surface area contributed by atoms with Crippen LogP contribution in [-0.2, 0) is 11.0 Å². The standard InChI is InChI=1S/C21H16F3N7O2S/c22-21(23,24)13-2-1-3-14(10-13)26-19-29-18(30-31-19)12-4-6-15(7-5-12)33-17-11-16(25)27-20(28-17)34-9-8-32/h1-8,10-11H,9H2,(H2,25,27,28)(H2,26,29,30,31). The van der Waals surface area contributed by atoms with Gasteiger partial charge in [0.25, 0.3) is 0 Å². The molecular weight excluding hydrogens is 471 g/mol. The third-order valence-corrected chi connectivity index (χ3v) is 5.02. The molecule has 0 bridgehead atoms. The number of ether oxygens (including phenoxy) is 1. The number of alkyl halides is 3. The molecule has 0 unspecified atom stereocenters. The van der Waals surface area contributed by atoms with Gasteiger partial charge in [-0.05, 0) is 42.5 Å². The summed E-state index contributed by atoms with van der Waals surface area (Å²) >= 11 is 1.13. The number of nitrogen functional groups attached to an aromatic ring is 1. The number of hydrogen-bond donors (Lipinski definition) is 3. The van der Waals surface area contributed by atoms with E-state index < -0.39 is 11.7 Å². The Balaban J connectivity index is 1.44. The van der Waals surface area contributed by atoms with Crippen molar-refractivity contribution >= 4 is 35.5 Å². The van der Waals surface area contributed by atoms with Crippen molar-refractivity contribution in [2.24, 2.45) is 0 Å². The molecule has 0 aliphatic carbocycles. The van der Waals surface area contributed by atoms with Crippen LogP contribution in [0.3, 0.4) is 0 Å². The molecule has 4 aromatic rings. The number of benzene rings is 2. The fourth-order valence-electron chi connectivity index (χ4n) is 2.81. The molecule has 0 radical (unpaired) electrons. The first kappa shape index (κ1) is 23.0. The molecule has 2 aromatic heterocycles. The van der Waals surface area contributed by atoms with Gasteiger partial charge in [-0.15, -0.1) is 10.2 Å². The number of aromatic amines is 1. The summed E-state index contributed by atoms with van der Waals surface area (Å²) in [5, 5.41) is 11.0. The molecule has 34 heavy (non-hydrogen) atoms. The Labute approximate surface area is 195 Å². The number of anilines is 3. The monoisotopic (exact) mass is 487 g/mol. The van der Waals surface area contributed by atoms with Gasteiger partial charge in [0.1, 0.15) is 17.9 Å². The number of nitrogens with one attached hydrogen (secondary N) is 2. The number of nitrogens with zero attached hydrogens (tertiary/aromatic N) is 4. The zero-order chi connectivity index (χ0) is 24.1. The highest BCUT2D eigenvalue weighted by atomic mass is 32.2. The predicted molar refractivity (Wildman–Crippen MR) is 120 cm³/mol. The maximum absolute atomic E-state index is 12.9. The molecule has 0 atom stereocenters. The minimum atomic E-state index is -4.44. The lowest BCUT2D eigenvalue weighted by Crippen LogP contribution is -2.05. The molecule has 13 heteroatoms. The number of hydrogen-bond acceptors (Lipinski definition) is 9. The molecular formula is C21H16F3N7O2S. The van der Waals surface area contributed by atoms with Crippen molar-refractivity contribution in [2.75, 3.05) is 16.8 Å². The minimum Gasteiger partial charge on any atom is -0.439 e. The van der Waals surface area contributed by atoms with E-state index in [0.717, 1.165) is 30.2 Å². The number of nitrogens with two attached hydrogens (primary N) is 1. The lowest BCUT2D eigenvalue weighted by molar-refractivity contribution is -0.137. The van der Waals surface area contributed by atoms with Gasteiger partial charge in [0.2, 0.25) is 11.8 Å². The first-order valence-electron chi connectivity index (χ1n) is 9.66. The first-order valence-corrected chi connectivity index (χ1v) is 10.6. The number of H-pyrrole nitrogens is 1. The topological polar surface area (TPSA) is 132 Å². The molecule has 0 aliphatic rings. The van der Waals surface area contributed by atoms with Crippen molar-refractivity contribution < 1.29 is 22.7 Å². The number of thioether (sulfide) groups is 1. The highest BCUT2D eigenvalue weighted by Gasteiger charge is 2.30. The second-order valence-corrected chi connectivity index (χ2v) is 7.73. The van der Waals surface area contributed by atoms with E-state index in [1.54, 1.807) is 24.3 Å². The van der Waals surface area contributed by atoms with Crippen LogP contribution in [0.1, 0.15) is 5.56 Å². The first-order chi connectivity index (χ1) is 16.3. The zero-order valence-electron chi connectivity index (χ0n) is 17.2. The van der Waals surface area contributed by atoms with Gasteiger partial charge in [0.15, 0.2) is 11.0 Å². The zero-order valence-corrected chi connectivity index (χ0v) is 18.0. The molecule has 0 saturated heterocycles. The summed E-state index contributed by atoms with van der Waals surface area (Å²) in [4.78, 5) is 21.7. The Hall–Kier alpha value is -4.13. The highest BCUT2D eigenvalue weighted by Crippen LogP contribution is 2.31. The van der Waals surface area contributed by atoms with E-state index in [0.29, 0.717) is 22.3 Å². The third kappa shape index (κ3) is 5.81. The van der Waals surface area contributed by atoms with Crippen molar-refractivity contribution in [3.8, 4) is 23.0 Å². The van der Waals surface area contributed by atoms with Crippen LogP contribution in [0.4, 0.5) is 30.6 Å². The maximum atomic E-state index is 12.9. The smallest absolute Gasteiger partial charge is 0.416 e. The fourth-order valence-corrected chi connectivity index (χ4v) is 3.35. The molecule has 2 heterocycles. The highest BCUT2D eigenvalue weighted by molar-refractivity contribution is 7.99. The predicted octanol–water partition coefficient (Wildman–Crippen LogP) is 4.69. The van der Waals surface area contributed by atoms with Crippen molar-refractivity contribution in [3.05, 3.63) is 60.2 Å². The van der Waals surface area contributed by atoms with E-state index in [4.69, 9.17) is 10.5 Å². The Kier molecular flexibility index (Phi) is 6.63. The van der Waals surface area contributed by atoms with E-state index in [9.17, 15) is 18.0 Å². The van der Waals surface area contributed by atoms with Gasteiger partial charge in [-0.1, -0.05) is 17.8 Å². The van der Waals surface area contributed by atoms with Crippen LogP contribution < -0.4 is 15.8 Å². The molecule has 0 aliphatic heterocycles. The van der Waals surface area contributed by atoms with Gasteiger partial charge >= 0.3 is 6.18 Å². The van der Waals surface area contributed by atoms with Crippen LogP contribution in [0.25, 0.3) is 11.4 Å². The average Bonchev–Trinajstić information content (AvgIpc) is 3.26. The van der Waals surface area contributed by atoms with E-state index in [1.165, 1.54) is 18.2 Å². The molecule has 4 rings (SSSR count). The fraction of sp³-hybridized carbons (Fsp3) is 0.0952. The molecule has 0 spiro atoms. The van der Waals surface area contributed by atoms with Crippen LogP contribution >= 0.6 is 11.8 Å². The summed E-state index contributed by atoms with van der Waals surface area (Å²) in [6, 6.07) is 13.0. The van der Waals surface area contributed by atoms with Crippen LogP contribution in [0.15, 0.2) is 59.8 Å². The van der Waals surface area contributed by atoms with Crippen LogP contribution in [-0.4, -0.2) is 37.2 Å². The van der Waals surface area contributed by atoms with Gasteiger partial charge in [-0.3, -0.25) is 0 Å². The normalized spacial score (nSPS) is 11.3. The molecule has 9 nitrogen and oxygen atoms in total. The van der Waals surface area contributed by atoms with Gasteiger partial charge < -0.3 is 25.6 Å². The second-order valence-electron chi connectivity index (χ2n) is 6.74. The Morgan fingerprint density at radius 2 is 1.88 bits per heavy atom. The second kappa shape index (κ2) is 9.79. The summed E-state index contributed by atoms with van der Waals surface area (Å²) in [5.41, 5.74) is 5.87. The van der Waals surface area contributed by atoms with E-state index >= 15 is 0 Å². The summed E-state index contributed by atoms with van der Waals surface area (Å²) in [7, 11) is 0. The Morgan fingerprint density at radius 1 is 1.09 bits per heavy atom. The van der Waals surface area contributed by atoms with E-state index in [1.807, 2.05) is 0 Å². The summed E-state index contributed by atoms with van der Waals surface area (Å²) in [5.74, 6) is 1.68. The Bertz CT molecular complexity index is 1300. The maximum Gasteiger partial charge on any atom is 0.416 e. The van der Waals surface area contributed by atoms with E-state index in [-0.39, 0.29) is 29.1 Å². The summed E-state index contributed by atoms with van der Waals surface area (Å²) in [6.07, 6.45) is -3.71. The van der Waals surface area contributed by atoms with Crippen LogP contribution in [0.5, 0.6) is 11.6 Å². The van der Waals surface area contributed by atoms with Crippen LogP contribution in [0.2, 0.25) is 0 Å². The van der Waals surface area contributed by atoms with Crippen molar-refractivity contribution in [2.45, 2.75) is 11.3 Å². The van der Waals surface area contributed by atoms with E-state index in [2.05, 4.69) is 30.5 Å². The molecule has 0 fully saturated rings. The van der Waals surface area contributed by atoms with Crippen molar-refractivity contribution in [3.63, 3.8) is 0 Å². The quantitative estimate of drug-likeness (QED) is 0.184. The molecule has 4 N–H and O–H groups in total. The van der Waals surface area contributed by atoms with Crippen molar-refractivity contribution in [1.29, 1.82) is 0 Å². The number of aldehydes is 1. The molecule has 2 aromatic carbocycles. The number of carbonyl (C=O) groups excluding carboxylic acids is 1. The van der Waals surface area contributed by atoms with Crippen molar-refractivity contribution in [1.82, 2.24) is 25.1 Å². The lowest BCUT2D eigenvalue weighted by Gasteiger charge is -2.08. The van der Waals surface area contributed by atoms with Crippen LogP contribution in [0, 0.1) is 0 Å². The van der Waals surface area contributed by atoms with Gasteiger partial charge in [-0.2, -0.15) is 18.2 Å². The third-order valence-electron chi connectivity index (χ3n) is 4.27. The van der Waals surface area contributed by atoms with Gasteiger partial charge in [-0.25, -0.2) is 4.98 Å². The van der Waals surface area contributed by atoms with Gasteiger partial charge in [0, 0.05) is 17.3 Å². The number of carbonyl (C=O) groups is 1. The minimum absolute atomic E-state index is 0.187. The molecule has 174 valence electrons.